The van der Waals surface area contributed by atoms with E-state index in [1.165, 1.54) is 43.6 Å². The number of rotatable bonds is 3. The van der Waals surface area contributed by atoms with Gasteiger partial charge in [-0.1, -0.05) is 17.3 Å². The summed E-state index contributed by atoms with van der Waals surface area (Å²) < 4.78 is 0. The van der Waals surface area contributed by atoms with Crippen molar-refractivity contribution >= 4 is 5.84 Å². The standard InChI is InChI=1S/C16H24N4O/c1-12-9-13(16(17)18-21)4-5-14(12)10-19-7-8-20-6-2-3-15(20)11-19/h4-5,9,15,21H,2-3,6-8,10-11H2,1H3,(H2,17,18). The molecule has 1 aromatic rings. The fourth-order valence-electron chi connectivity index (χ4n) is 3.53. The van der Waals surface area contributed by atoms with Crippen LogP contribution in [0.3, 0.4) is 0 Å². The van der Waals surface area contributed by atoms with Gasteiger partial charge in [-0.05, 0) is 43.5 Å². The molecule has 1 aromatic carbocycles. The van der Waals surface area contributed by atoms with Crippen molar-refractivity contribution in [2.45, 2.75) is 32.4 Å². The molecule has 2 saturated heterocycles. The van der Waals surface area contributed by atoms with Gasteiger partial charge in [0.05, 0.1) is 0 Å². The van der Waals surface area contributed by atoms with Crippen molar-refractivity contribution in [2.75, 3.05) is 26.2 Å². The number of benzene rings is 1. The van der Waals surface area contributed by atoms with Crippen LogP contribution in [0.5, 0.6) is 0 Å². The van der Waals surface area contributed by atoms with Crippen molar-refractivity contribution in [3.63, 3.8) is 0 Å². The van der Waals surface area contributed by atoms with Gasteiger partial charge in [-0.2, -0.15) is 0 Å². The minimum absolute atomic E-state index is 0.171. The highest BCUT2D eigenvalue weighted by Gasteiger charge is 2.30. The van der Waals surface area contributed by atoms with Gasteiger partial charge in [0.1, 0.15) is 0 Å². The van der Waals surface area contributed by atoms with E-state index < -0.39 is 0 Å². The lowest BCUT2D eigenvalue weighted by atomic mass is 10.0. The zero-order valence-electron chi connectivity index (χ0n) is 12.6. The van der Waals surface area contributed by atoms with Crippen LogP contribution in [0.1, 0.15) is 29.5 Å². The van der Waals surface area contributed by atoms with Crippen LogP contribution in [0, 0.1) is 6.92 Å². The SMILES string of the molecule is Cc1cc(/C(N)=N/O)ccc1CN1CCN2CCCC2C1. The van der Waals surface area contributed by atoms with Crippen LogP contribution < -0.4 is 5.73 Å². The first-order valence-electron chi connectivity index (χ1n) is 7.71. The van der Waals surface area contributed by atoms with E-state index in [0.717, 1.165) is 24.7 Å². The van der Waals surface area contributed by atoms with Crippen molar-refractivity contribution in [1.82, 2.24) is 9.80 Å². The Kier molecular flexibility index (Phi) is 4.12. The van der Waals surface area contributed by atoms with Crippen molar-refractivity contribution in [1.29, 1.82) is 0 Å². The Bertz CT molecular complexity index is 543. The molecule has 0 saturated carbocycles. The van der Waals surface area contributed by atoms with Gasteiger partial charge in [0.2, 0.25) is 0 Å². The molecule has 0 aliphatic carbocycles. The van der Waals surface area contributed by atoms with E-state index in [0.29, 0.717) is 0 Å². The van der Waals surface area contributed by atoms with Crippen LogP contribution in [-0.4, -0.2) is 53.1 Å². The molecule has 5 nitrogen and oxygen atoms in total. The zero-order valence-corrected chi connectivity index (χ0v) is 12.6. The van der Waals surface area contributed by atoms with Crippen LogP contribution in [0.2, 0.25) is 0 Å². The molecule has 1 unspecified atom stereocenters. The minimum atomic E-state index is 0.171. The second-order valence-corrected chi connectivity index (χ2v) is 6.19. The lowest BCUT2D eigenvalue weighted by molar-refractivity contribution is 0.0992. The van der Waals surface area contributed by atoms with Crippen LogP contribution >= 0.6 is 0 Å². The molecule has 3 N–H and O–H groups in total. The molecule has 0 spiro atoms. The molecule has 1 atom stereocenters. The van der Waals surface area contributed by atoms with E-state index in [4.69, 9.17) is 10.9 Å². The van der Waals surface area contributed by atoms with Crippen LogP contribution in [0.4, 0.5) is 0 Å². The fourth-order valence-corrected chi connectivity index (χ4v) is 3.53. The lowest BCUT2D eigenvalue weighted by Crippen LogP contribution is -2.49. The predicted octanol–water partition coefficient (Wildman–Crippen LogP) is 1.37. The molecule has 5 heteroatoms. The molecule has 0 bridgehead atoms. The van der Waals surface area contributed by atoms with E-state index in [-0.39, 0.29) is 5.84 Å². The Hall–Kier alpha value is -1.59. The third-order valence-electron chi connectivity index (χ3n) is 4.81. The molecule has 2 heterocycles. The number of oxime groups is 1. The lowest BCUT2D eigenvalue weighted by Gasteiger charge is -2.37. The van der Waals surface area contributed by atoms with Crippen LogP contribution in [0.15, 0.2) is 23.4 Å². The summed E-state index contributed by atoms with van der Waals surface area (Å²) in [6, 6.07) is 6.79. The number of aryl methyl sites for hydroxylation is 1. The number of hydrogen-bond donors (Lipinski definition) is 2. The molecule has 21 heavy (non-hydrogen) atoms. The van der Waals surface area contributed by atoms with E-state index >= 15 is 0 Å². The monoisotopic (exact) mass is 288 g/mol. The van der Waals surface area contributed by atoms with Crippen molar-refractivity contribution in [3.05, 3.63) is 34.9 Å². The summed E-state index contributed by atoms with van der Waals surface area (Å²) in [5.74, 6) is 0.171. The molecule has 3 rings (SSSR count). The Morgan fingerprint density at radius 1 is 1.38 bits per heavy atom. The highest BCUT2D eigenvalue weighted by molar-refractivity contribution is 5.97. The third kappa shape index (κ3) is 3.04. The first-order chi connectivity index (χ1) is 10.2. The Morgan fingerprint density at radius 3 is 3.00 bits per heavy atom. The van der Waals surface area contributed by atoms with Gasteiger partial charge >= 0.3 is 0 Å². The first kappa shape index (κ1) is 14.4. The first-order valence-corrected chi connectivity index (χ1v) is 7.71. The van der Waals surface area contributed by atoms with Gasteiger partial charge in [-0.25, -0.2) is 0 Å². The largest absolute Gasteiger partial charge is 0.409 e. The molecular formula is C16H24N4O. The average molecular weight is 288 g/mol. The molecule has 2 aliphatic rings. The Balaban J connectivity index is 1.67. The third-order valence-corrected chi connectivity index (χ3v) is 4.81. The van der Waals surface area contributed by atoms with Crippen molar-refractivity contribution in [2.24, 2.45) is 10.9 Å². The second kappa shape index (κ2) is 6.03. The fraction of sp³-hybridized carbons (Fsp3) is 0.562. The minimum Gasteiger partial charge on any atom is -0.409 e. The number of fused-ring (bicyclic) bond motifs is 1. The van der Waals surface area contributed by atoms with E-state index in [1.807, 2.05) is 12.1 Å². The van der Waals surface area contributed by atoms with Crippen LogP contribution in [0.25, 0.3) is 0 Å². The molecule has 114 valence electrons. The highest BCUT2D eigenvalue weighted by Crippen LogP contribution is 2.23. The maximum atomic E-state index is 8.75. The number of amidine groups is 1. The summed E-state index contributed by atoms with van der Waals surface area (Å²) in [4.78, 5) is 5.18. The number of hydrogen-bond acceptors (Lipinski definition) is 4. The van der Waals surface area contributed by atoms with Gasteiger partial charge < -0.3 is 10.9 Å². The summed E-state index contributed by atoms with van der Waals surface area (Å²) in [5, 5.41) is 11.8. The zero-order chi connectivity index (χ0) is 14.8. The molecule has 2 fully saturated rings. The molecular weight excluding hydrogens is 264 g/mol. The Morgan fingerprint density at radius 2 is 2.24 bits per heavy atom. The molecule has 0 radical (unpaired) electrons. The number of nitrogens with zero attached hydrogens (tertiary/aromatic N) is 3. The van der Waals surface area contributed by atoms with Crippen molar-refractivity contribution in [3.8, 4) is 0 Å². The summed E-state index contributed by atoms with van der Waals surface area (Å²) in [6.07, 6.45) is 2.70. The quantitative estimate of drug-likeness (QED) is 0.381. The summed E-state index contributed by atoms with van der Waals surface area (Å²) in [7, 11) is 0. The summed E-state index contributed by atoms with van der Waals surface area (Å²) in [5.41, 5.74) is 8.95. The van der Waals surface area contributed by atoms with Gasteiger partial charge in [-0.3, -0.25) is 9.80 Å². The molecule has 0 amide bonds. The summed E-state index contributed by atoms with van der Waals surface area (Å²) in [6.45, 7) is 7.90. The maximum absolute atomic E-state index is 8.75. The highest BCUT2D eigenvalue weighted by atomic mass is 16.4. The van der Waals surface area contributed by atoms with E-state index in [9.17, 15) is 0 Å². The van der Waals surface area contributed by atoms with Gasteiger partial charge in [0.25, 0.3) is 0 Å². The topological polar surface area (TPSA) is 65.1 Å². The average Bonchev–Trinajstić information content (AvgIpc) is 2.96. The van der Waals surface area contributed by atoms with Gasteiger partial charge in [0, 0.05) is 37.8 Å². The van der Waals surface area contributed by atoms with Gasteiger partial charge in [-0.15, -0.1) is 0 Å². The van der Waals surface area contributed by atoms with E-state index in [2.05, 4.69) is 27.9 Å². The number of piperazine rings is 1. The maximum Gasteiger partial charge on any atom is 0.170 e. The molecule has 2 aliphatic heterocycles. The second-order valence-electron chi connectivity index (χ2n) is 6.19. The molecule has 0 aromatic heterocycles. The normalized spacial score (nSPS) is 24.2. The summed E-state index contributed by atoms with van der Waals surface area (Å²) >= 11 is 0. The number of nitrogens with two attached hydrogens (primary N) is 1. The van der Waals surface area contributed by atoms with E-state index in [1.54, 1.807) is 0 Å². The van der Waals surface area contributed by atoms with Crippen LogP contribution in [-0.2, 0) is 6.54 Å². The van der Waals surface area contributed by atoms with Crippen molar-refractivity contribution < 1.29 is 5.21 Å². The Labute approximate surface area is 126 Å². The van der Waals surface area contributed by atoms with Gasteiger partial charge in [0.15, 0.2) is 5.84 Å². The predicted molar refractivity (Wildman–Crippen MR) is 83.6 cm³/mol. The smallest absolute Gasteiger partial charge is 0.170 e.